The number of carbonyl (C=O) groups excluding carboxylic acids is 1. The number of rotatable bonds is 8. The molecule has 0 heterocycles. The molecule has 1 amide bonds. The van der Waals surface area contributed by atoms with Gasteiger partial charge in [0.15, 0.2) is 0 Å². The van der Waals surface area contributed by atoms with Gasteiger partial charge < -0.3 is 15.4 Å². The van der Waals surface area contributed by atoms with Gasteiger partial charge in [-0.3, -0.25) is 4.79 Å². The lowest BCUT2D eigenvalue weighted by molar-refractivity contribution is -0.136. The summed E-state index contributed by atoms with van der Waals surface area (Å²) in [6.45, 7) is 3.46. The van der Waals surface area contributed by atoms with Crippen LogP contribution in [0.4, 0.5) is 8.78 Å². The molecule has 1 atom stereocenters. The summed E-state index contributed by atoms with van der Waals surface area (Å²) in [4.78, 5) is 11.9. The molecule has 0 aromatic heterocycles. The third kappa shape index (κ3) is 6.32. The van der Waals surface area contributed by atoms with Crippen LogP contribution in [0.3, 0.4) is 0 Å². The lowest BCUT2D eigenvalue weighted by Crippen LogP contribution is -2.46. The predicted octanol–water partition coefficient (Wildman–Crippen LogP) is 3.64. The Morgan fingerprint density at radius 3 is 2.46 bits per heavy atom. The number of hydrogen-bond donors (Lipinski definition) is 2. The first-order valence-corrected chi connectivity index (χ1v) is 9.28. The fourth-order valence-electron chi connectivity index (χ4n) is 3.26. The minimum atomic E-state index is -2.99. The molecule has 4 nitrogen and oxygen atoms in total. The molecule has 1 fully saturated rings. The number of halogens is 2. The Hall–Kier alpha value is -1.53. The molecular formula is C20H30F2N2O2. The van der Waals surface area contributed by atoms with Gasteiger partial charge in [0, 0.05) is 32.7 Å². The summed E-state index contributed by atoms with van der Waals surface area (Å²) in [5.41, 5.74) is 2.37. The Bertz CT molecular complexity index is 581. The second-order valence-electron chi connectivity index (χ2n) is 7.37. The van der Waals surface area contributed by atoms with E-state index in [1.807, 2.05) is 12.1 Å². The standard InChI is InChI=1S/C20H30F2N2O2/c1-14(20(2,21)22)19(25)24-18-9-7-17(8-10-18)23-12-15-5-4-6-16(11-15)13-26-3/h4-6,11,14,17-18,23H,7-10,12-13H2,1-3H3,(H,24,25). The van der Waals surface area contributed by atoms with Crippen LogP contribution in [0.1, 0.15) is 50.7 Å². The number of hydrogen-bond acceptors (Lipinski definition) is 3. The first-order valence-electron chi connectivity index (χ1n) is 9.28. The van der Waals surface area contributed by atoms with Gasteiger partial charge in [0.25, 0.3) is 5.92 Å². The van der Waals surface area contributed by atoms with Gasteiger partial charge in [0.05, 0.1) is 12.5 Å². The third-order valence-corrected chi connectivity index (χ3v) is 5.12. The van der Waals surface area contributed by atoms with E-state index < -0.39 is 17.7 Å². The van der Waals surface area contributed by atoms with E-state index in [0.29, 0.717) is 12.6 Å². The van der Waals surface area contributed by atoms with Gasteiger partial charge in [-0.2, -0.15) is 0 Å². The molecule has 6 heteroatoms. The van der Waals surface area contributed by atoms with Crippen LogP contribution in [0, 0.1) is 5.92 Å². The first kappa shape index (κ1) is 20.8. The lowest BCUT2D eigenvalue weighted by atomic mass is 9.90. The first-order chi connectivity index (χ1) is 12.3. The van der Waals surface area contributed by atoms with E-state index in [1.165, 1.54) is 12.5 Å². The van der Waals surface area contributed by atoms with Crippen LogP contribution in [0.25, 0.3) is 0 Å². The van der Waals surface area contributed by atoms with Crippen molar-refractivity contribution in [2.45, 2.75) is 70.7 Å². The van der Waals surface area contributed by atoms with Crippen molar-refractivity contribution in [1.82, 2.24) is 10.6 Å². The molecule has 0 bridgehead atoms. The number of nitrogens with one attached hydrogen (secondary N) is 2. The lowest BCUT2D eigenvalue weighted by Gasteiger charge is -2.31. The van der Waals surface area contributed by atoms with Gasteiger partial charge in [-0.15, -0.1) is 0 Å². The summed E-state index contributed by atoms with van der Waals surface area (Å²) in [7, 11) is 1.69. The van der Waals surface area contributed by atoms with Crippen molar-refractivity contribution in [3.63, 3.8) is 0 Å². The smallest absolute Gasteiger partial charge is 0.256 e. The average Bonchev–Trinajstić information content (AvgIpc) is 2.60. The maximum atomic E-state index is 13.2. The zero-order valence-electron chi connectivity index (χ0n) is 15.9. The van der Waals surface area contributed by atoms with Gasteiger partial charge in [-0.1, -0.05) is 24.3 Å². The van der Waals surface area contributed by atoms with E-state index >= 15 is 0 Å². The fraction of sp³-hybridized carbons (Fsp3) is 0.650. The molecule has 0 radical (unpaired) electrons. The molecule has 26 heavy (non-hydrogen) atoms. The third-order valence-electron chi connectivity index (χ3n) is 5.12. The SMILES string of the molecule is COCc1cccc(CNC2CCC(NC(=O)C(C)C(C)(F)F)CC2)c1. The van der Waals surface area contributed by atoms with Gasteiger partial charge in [-0.25, -0.2) is 8.78 Å². The van der Waals surface area contributed by atoms with Crippen LogP contribution in [-0.2, 0) is 22.7 Å². The van der Waals surface area contributed by atoms with Crippen molar-refractivity contribution >= 4 is 5.91 Å². The van der Waals surface area contributed by atoms with Gasteiger partial charge in [0.1, 0.15) is 0 Å². The molecule has 146 valence electrons. The zero-order valence-corrected chi connectivity index (χ0v) is 15.9. The summed E-state index contributed by atoms with van der Waals surface area (Å²) in [6, 6.07) is 8.68. The molecule has 1 aromatic carbocycles. The van der Waals surface area contributed by atoms with Crippen LogP contribution >= 0.6 is 0 Å². The van der Waals surface area contributed by atoms with Crippen LogP contribution < -0.4 is 10.6 Å². The number of amides is 1. The molecule has 1 saturated carbocycles. The van der Waals surface area contributed by atoms with Crippen LogP contribution in [0.2, 0.25) is 0 Å². The highest BCUT2D eigenvalue weighted by Crippen LogP contribution is 2.25. The van der Waals surface area contributed by atoms with Crippen LogP contribution in [0.15, 0.2) is 24.3 Å². The predicted molar refractivity (Wildman–Crippen MR) is 98.0 cm³/mol. The largest absolute Gasteiger partial charge is 0.380 e. The molecule has 0 saturated heterocycles. The highest BCUT2D eigenvalue weighted by Gasteiger charge is 2.36. The monoisotopic (exact) mass is 368 g/mol. The Balaban J connectivity index is 1.73. The summed E-state index contributed by atoms with van der Waals surface area (Å²) in [5.74, 6) is -4.83. The van der Waals surface area contributed by atoms with Crippen molar-refractivity contribution in [2.24, 2.45) is 5.92 Å². The van der Waals surface area contributed by atoms with Crippen molar-refractivity contribution in [1.29, 1.82) is 0 Å². The van der Waals surface area contributed by atoms with Crippen molar-refractivity contribution < 1.29 is 18.3 Å². The average molecular weight is 368 g/mol. The Labute approximate surface area is 154 Å². The second kappa shape index (κ2) is 9.42. The van der Waals surface area contributed by atoms with Crippen LogP contribution in [0.5, 0.6) is 0 Å². The molecular weight excluding hydrogens is 338 g/mol. The van der Waals surface area contributed by atoms with Crippen molar-refractivity contribution in [3.05, 3.63) is 35.4 Å². The van der Waals surface area contributed by atoms with Crippen molar-refractivity contribution in [2.75, 3.05) is 7.11 Å². The van der Waals surface area contributed by atoms with Gasteiger partial charge in [0.2, 0.25) is 5.91 Å². The maximum Gasteiger partial charge on any atom is 0.256 e. The van der Waals surface area contributed by atoms with Gasteiger partial charge >= 0.3 is 0 Å². The van der Waals surface area contributed by atoms with E-state index in [2.05, 4.69) is 22.8 Å². The number of methoxy groups -OCH3 is 1. The summed E-state index contributed by atoms with van der Waals surface area (Å²) in [6.07, 6.45) is 3.49. The molecule has 1 aliphatic carbocycles. The molecule has 1 aliphatic rings. The minimum Gasteiger partial charge on any atom is -0.380 e. The summed E-state index contributed by atoms with van der Waals surface area (Å²) in [5, 5.41) is 6.33. The molecule has 0 spiro atoms. The topological polar surface area (TPSA) is 50.4 Å². The number of alkyl halides is 2. The normalized spacial score (nSPS) is 22.0. The van der Waals surface area contributed by atoms with E-state index in [-0.39, 0.29) is 6.04 Å². The highest BCUT2D eigenvalue weighted by molar-refractivity contribution is 5.79. The second-order valence-corrected chi connectivity index (χ2v) is 7.37. The Morgan fingerprint density at radius 2 is 1.85 bits per heavy atom. The highest BCUT2D eigenvalue weighted by atomic mass is 19.3. The maximum absolute atomic E-state index is 13.2. The fourth-order valence-corrected chi connectivity index (χ4v) is 3.26. The van der Waals surface area contributed by atoms with E-state index in [0.717, 1.165) is 44.7 Å². The number of ether oxygens (including phenoxy) is 1. The molecule has 0 aliphatic heterocycles. The molecule has 1 aromatic rings. The van der Waals surface area contributed by atoms with Crippen molar-refractivity contribution in [3.8, 4) is 0 Å². The quantitative estimate of drug-likeness (QED) is 0.737. The molecule has 2 N–H and O–H groups in total. The van der Waals surface area contributed by atoms with Gasteiger partial charge in [-0.05, 0) is 43.7 Å². The zero-order chi connectivity index (χ0) is 19.2. The van der Waals surface area contributed by atoms with E-state index in [1.54, 1.807) is 7.11 Å². The van der Waals surface area contributed by atoms with Crippen LogP contribution in [-0.4, -0.2) is 31.0 Å². The van der Waals surface area contributed by atoms with E-state index in [9.17, 15) is 13.6 Å². The number of benzene rings is 1. The Kier molecular flexibility index (Phi) is 7.53. The summed E-state index contributed by atoms with van der Waals surface area (Å²) < 4.78 is 31.6. The minimum absolute atomic E-state index is 0.00428. The summed E-state index contributed by atoms with van der Waals surface area (Å²) >= 11 is 0. The Morgan fingerprint density at radius 1 is 1.23 bits per heavy atom. The molecule has 1 unspecified atom stereocenters. The van der Waals surface area contributed by atoms with E-state index in [4.69, 9.17) is 4.74 Å². The number of carbonyl (C=O) groups is 1. The molecule has 2 rings (SSSR count).